The van der Waals surface area contributed by atoms with Gasteiger partial charge in [-0.15, -0.1) is 0 Å². The van der Waals surface area contributed by atoms with E-state index < -0.39 is 0 Å². The predicted octanol–water partition coefficient (Wildman–Crippen LogP) is 8.64. The lowest BCUT2D eigenvalue weighted by atomic mass is 9.82. The van der Waals surface area contributed by atoms with E-state index in [9.17, 15) is 0 Å². The molecule has 0 aromatic carbocycles. The molecule has 0 amide bonds. The van der Waals surface area contributed by atoms with Crippen molar-refractivity contribution in [3.8, 4) is 0 Å². The first kappa shape index (κ1) is 21.0. The first-order chi connectivity index (χ1) is 11.4. The molecule has 0 aromatic rings. The van der Waals surface area contributed by atoms with Crippen molar-refractivity contribution in [2.45, 2.75) is 136 Å². The molecule has 1 saturated carbocycles. The van der Waals surface area contributed by atoms with Crippen molar-refractivity contribution in [2.75, 3.05) is 0 Å². The van der Waals surface area contributed by atoms with Crippen molar-refractivity contribution in [3.05, 3.63) is 5.92 Å². The molecular weight excluding hydrogens is 276 g/mol. The molecule has 1 unspecified atom stereocenters. The maximum absolute atomic E-state index is 2.31. The summed E-state index contributed by atoms with van der Waals surface area (Å²) in [6.07, 6.45) is 27.9. The smallest absolute Gasteiger partial charge is 0.0210 e. The van der Waals surface area contributed by atoms with Crippen LogP contribution in [0.4, 0.5) is 0 Å². The molecule has 0 spiro atoms. The molecule has 137 valence electrons. The molecule has 1 rings (SSSR count). The first-order valence-electron chi connectivity index (χ1n) is 11.2. The third-order valence-electron chi connectivity index (χ3n) is 5.89. The maximum atomic E-state index is 2.31. The molecule has 0 heteroatoms. The molecule has 1 atom stereocenters. The standard InChI is InChI=1S/C23H45/c1-3-5-7-9-11-13-15-19-22(23-20-16-17-21-23)18-14-12-10-8-6-4-2/h22H,3-21H2,1-2H3. The Morgan fingerprint density at radius 2 is 0.957 bits per heavy atom. The Morgan fingerprint density at radius 1 is 0.565 bits per heavy atom. The molecule has 0 heterocycles. The van der Waals surface area contributed by atoms with Gasteiger partial charge in [-0.05, 0) is 37.5 Å². The van der Waals surface area contributed by atoms with Crippen LogP contribution in [-0.2, 0) is 0 Å². The maximum Gasteiger partial charge on any atom is -0.0210 e. The van der Waals surface area contributed by atoms with Crippen LogP contribution < -0.4 is 0 Å². The van der Waals surface area contributed by atoms with Crippen LogP contribution in [0.15, 0.2) is 0 Å². The molecule has 1 fully saturated rings. The molecule has 0 saturated heterocycles. The summed E-state index contributed by atoms with van der Waals surface area (Å²) < 4.78 is 0. The SMILES string of the molecule is CCCCCCCCCC(CCCCCCCC)[C]1CCCC1. The van der Waals surface area contributed by atoms with Gasteiger partial charge < -0.3 is 0 Å². The van der Waals surface area contributed by atoms with E-state index in [-0.39, 0.29) is 0 Å². The predicted molar refractivity (Wildman–Crippen MR) is 106 cm³/mol. The Morgan fingerprint density at radius 3 is 1.39 bits per heavy atom. The van der Waals surface area contributed by atoms with Crippen LogP contribution in [0.3, 0.4) is 0 Å². The average Bonchev–Trinajstić information content (AvgIpc) is 3.09. The number of unbranched alkanes of at least 4 members (excludes halogenated alkanes) is 11. The minimum atomic E-state index is 0.999. The van der Waals surface area contributed by atoms with E-state index >= 15 is 0 Å². The summed E-state index contributed by atoms with van der Waals surface area (Å²) in [5.74, 6) is 2.96. The topological polar surface area (TPSA) is 0 Å². The van der Waals surface area contributed by atoms with E-state index in [4.69, 9.17) is 0 Å². The fourth-order valence-corrected chi connectivity index (χ4v) is 4.31. The number of rotatable bonds is 16. The number of hydrogen-bond acceptors (Lipinski definition) is 0. The average molecular weight is 322 g/mol. The van der Waals surface area contributed by atoms with E-state index in [0.717, 1.165) is 5.92 Å². The van der Waals surface area contributed by atoms with Crippen molar-refractivity contribution < 1.29 is 0 Å². The van der Waals surface area contributed by atoms with Crippen LogP contribution in [0.25, 0.3) is 0 Å². The molecular formula is C23H45. The normalized spacial score (nSPS) is 17.0. The molecule has 23 heavy (non-hydrogen) atoms. The summed E-state index contributed by atoms with van der Waals surface area (Å²) in [4.78, 5) is 0. The van der Waals surface area contributed by atoms with Gasteiger partial charge in [0, 0.05) is 0 Å². The molecule has 1 aliphatic carbocycles. The molecule has 1 aliphatic rings. The first-order valence-corrected chi connectivity index (χ1v) is 11.2. The summed E-state index contributed by atoms with van der Waals surface area (Å²) in [6.45, 7) is 4.63. The minimum absolute atomic E-state index is 0.999. The lowest BCUT2D eigenvalue weighted by Crippen LogP contribution is -2.10. The van der Waals surface area contributed by atoms with Crippen molar-refractivity contribution >= 4 is 0 Å². The van der Waals surface area contributed by atoms with Crippen LogP contribution in [0.1, 0.15) is 136 Å². The summed E-state index contributed by atoms with van der Waals surface area (Å²) in [6, 6.07) is 0. The Labute approximate surface area is 148 Å². The van der Waals surface area contributed by atoms with Crippen molar-refractivity contribution in [1.82, 2.24) is 0 Å². The van der Waals surface area contributed by atoms with Crippen LogP contribution >= 0.6 is 0 Å². The Bertz CT molecular complexity index is 226. The Balaban J connectivity index is 2.08. The van der Waals surface area contributed by atoms with Gasteiger partial charge in [0.05, 0.1) is 0 Å². The molecule has 0 nitrogen and oxygen atoms in total. The summed E-state index contributed by atoms with van der Waals surface area (Å²) >= 11 is 0. The van der Waals surface area contributed by atoms with E-state index in [1.807, 2.05) is 5.92 Å². The number of hydrogen-bond donors (Lipinski definition) is 0. The van der Waals surface area contributed by atoms with Gasteiger partial charge in [0.15, 0.2) is 0 Å². The van der Waals surface area contributed by atoms with Gasteiger partial charge in [-0.1, -0.05) is 110 Å². The highest BCUT2D eigenvalue weighted by Crippen LogP contribution is 2.38. The molecule has 0 aromatic heterocycles. The summed E-state index contributed by atoms with van der Waals surface area (Å²) in [5, 5.41) is 0. The van der Waals surface area contributed by atoms with Gasteiger partial charge in [0.1, 0.15) is 0 Å². The van der Waals surface area contributed by atoms with Crippen LogP contribution in [0.5, 0.6) is 0 Å². The molecule has 0 aliphatic heterocycles. The van der Waals surface area contributed by atoms with Crippen molar-refractivity contribution in [1.29, 1.82) is 0 Å². The fraction of sp³-hybridized carbons (Fsp3) is 0.957. The monoisotopic (exact) mass is 321 g/mol. The highest BCUT2D eigenvalue weighted by Gasteiger charge is 2.24. The fourth-order valence-electron chi connectivity index (χ4n) is 4.31. The third kappa shape index (κ3) is 11.2. The van der Waals surface area contributed by atoms with Crippen molar-refractivity contribution in [2.24, 2.45) is 5.92 Å². The Hall–Kier alpha value is 0. The second kappa shape index (κ2) is 15.5. The van der Waals surface area contributed by atoms with Gasteiger partial charge in [0.25, 0.3) is 0 Å². The lowest BCUT2D eigenvalue weighted by Gasteiger charge is -2.23. The second-order valence-corrected chi connectivity index (χ2v) is 8.03. The van der Waals surface area contributed by atoms with E-state index in [0.29, 0.717) is 0 Å². The molecule has 0 bridgehead atoms. The molecule has 1 radical (unpaired) electrons. The zero-order valence-electron chi connectivity index (χ0n) is 16.5. The van der Waals surface area contributed by atoms with Crippen molar-refractivity contribution in [3.63, 3.8) is 0 Å². The zero-order chi connectivity index (χ0) is 16.6. The van der Waals surface area contributed by atoms with E-state index in [1.165, 1.54) is 122 Å². The largest absolute Gasteiger partial charge is 0.0654 e. The van der Waals surface area contributed by atoms with Gasteiger partial charge in [0.2, 0.25) is 0 Å². The quantitative estimate of drug-likeness (QED) is 0.249. The van der Waals surface area contributed by atoms with Gasteiger partial charge in [-0.3, -0.25) is 0 Å². The van der Waals surface area contributed by atoms with Gasteiger partial charge in [-0.25, -0.2) is 0 Å². The third-order valence-corrected chi connectivity index (χ3v) is 5.89. The van der Waals surface area contributed by atoms with Gasteiger partial charge >= 0.3 is 0 Å². The summed E-state index contributed by atoms with van der Waals surface area (Å²) in [5.41, 5.74) is 0. The van der Waals surface area contributed by atoms with Crippen LogP contribution in [-0.4, -0.2) is 0 Å². The molecule has 0 N–H and O–H groups in total. The second-order valence-electron chi connectivity index (χ2n) is 8.03. The lowest BCUT2D eigenvalue weighted by molar-refractivity contribution is 0.402. The van der Waals surface area contributed by atoms with Crippen LogP contribution in [0.2, 0.25) is 0 Å². The highest BCUT2D eigenvalue weighted by atomic mass is 14.3. The summed E-state index contributed by atoms with van der Waals surface area (Å²) in [7, 11) is 0. The highest BCUT2D eigenvalue weighted by molar-refractivity contribution is 5.00. The van der Waals surface area contributed by atoms with Gasteiger partial charge in [-0.2, -0.15) is 0 Å². The van der Waals surface area contributed by atoms with Crippen LogP contribution in [0, 0.1) is 11.8 Å². The van der Waals surface area contributed by atoms with E-state index in [1.54, 1.807) is 0 Å². The zero-order valence-corrected chi connectivity index (χ0v) is 16.5. The van der Waals surface area contributed by atoms with E-state index in [2.05, 4.69) is 13.8 Å². The Kier molecular flexibility index (Phi) is 14.2. The minimum Gasteiger partial charge on any atom is -0.0654 e.